The van der Waals surface area contributed by atoms with Crippen molar-refractivity contribution in [2.45, 2.75) is 19.4 Å². The molecule has 0 aromatic rings. The van der Waals surface area contributed by atoms with E-state index in [9.17, 15) is 0 Å². The van der Waals surface area contributed by atoms with Crippen molar-refractivity contribution in [2.75, 3.05) is 32.9 Å². The Hall–Kier alpha value is -0.120. The first-order valence-corrected chi connectivity index (χ1v) is 4.33. The van der Waals surface area contributed by atoms with Gasteiger partial charge in [0, 0.05) is 13.2 Å². The summed E-state index contributed by atoms with van der Waals surface area (Å²) in [6.45, 7) is 6.39. The molecular weight excluding hydrogens is 142 g/mol. The molecule has 1 fully saturated rings. The smallest absolute Gasteiger partial charge is 0.0821 e. The summed E-state index contributed by atoms with van der Waals surface area (Å²) < 4.78 is 10.8. The summed E-state index contributed by atoms with van der Waals surface area (Å²) in [5.74, 6) is 0. The summed E-state index contributed by atoms with van der Waals surface area (Å²) in [6, 6.07) is 0. The highest BCUT2D eigenvalue weighted by atomic mass is 16.5. The molecule has 0 bridgehead atoms. The van der Waals surface area contributed by atoms with Gasteiger partial charge in [0.2, 0.25) is 0 Å². The molecular formula is C8H17NO2. The monoisotopic (exact) mass is 159 g/mol. The molecule has 0 aliphatic carbocycles. The predicted octanol–water partition coefficient (Wildman–Crippen LogP) is 0.401. The maximum Gasteiger partial charge on any atom is 0.0821 e. The fraction of sp³-hybridized carbons (Fsp3) is 1.00. The van der Waals surface area contributed by atoms with Gasteiger partial charge < -0.3 is 14.8 Å². The summed E-state index contributed by atoms with van der Waals surface area (Å²) in [4.78, 5) is 0. The van der Waals surface area contributed by atoms with E-state index in [0.29, 0.717) is 6.10 Å². The summed E-state index contributed by atoms with van der Waals surface area (Å²) in [5.41, 5.74) is 0. The van der Waals surface area contributed by atoms with Crippen LogP contribution in [-0.4, -0.2) is 39.0 Å². The van der Waals surface area contributed by atoms with Crippen molar-refractivity contribution in [1.29, 1.82) is 0 Å². The molecule has 0 spiro atoms. The van der Waals surface area contributed by atoms with Crippen molar-refractivity contribution in [1.82, 2.24) is 5.32 Å². The maximum absolute atomic E-state index is 5.52. The average molecular weight is 159 g/mol. The van der Waals surface area contributed by atoms with Crippen molar-refractivity contribution < 1.29 is 9.47 Å². The van der Waals surface area contributed by atoms with Crippen LogP contribution in [0.15, 0.2) is 0 Å². The molecule has 1 heterocycles. The van der Waals surface area contributed by atoms with Gasteiger partial charge in [-0.2, -0.15) is 0 Å². The van der Waals surface area contributed by atoms with Crippen molar-refractivity contribution in [3.63, 3.8) is 0 Å². The Morgan fingerprint density at radius 3 is 3.27 bits per heavy atom. The van der Waals surface area contributed by atoms with E-state index in [1.54, 1.807) is 0 Å². The first-order valence-electron chi connectivity index (χ1n) is 4.33. The van der Waals surface area contributed by atoms with Crippen LogP contribution in [-0.2, 0) is 9.47 Å². The van der Waals surface area contributed by atoms with Crippen LogP contribution in [0.4, 0.5) is 0 Å². The predicted molar refractivity (Wildman–Crippen MR) is 43.7 cm³/mol. The van der Waals surface area contributed by atoms with Gasteiger partial charge in [0.1, 0.15) is 0 Å². The molecule has 1 atom stereocenters. The van der Waals surface area contributed by atoms with E-state index in [4.69, 9.17) is 9.47 Å². The standard InChI is InChI=1S/C8H17NO2/c1-2-10-7-8-3-4-9-5-6-11-8/h8-9H,2-7H2,1H3. The highest BCUT2D eigenvalue weighted by Gasteiger charge is 2.11. The number of rotatable bonds is 3. The van der Waals surface area contributed by atoms with E-state index in [-0.39, 0.29) is 0 Å². The van der Waals surface area contributed by atoms with Crippen molar-refractivity contribution in [3.8, 4) is 0 Å². The topological polar surface area (TPSA) is 30.5 Å². The molecule has 66 valence electrons. The van der Waals surface area contributed by atoms with Gasteiger partial charge in [-0.25, -0.2) is 0 Å². The van der Waals surface area contributed by atoms with E-state index in [2.05, 4.69) is 5.32 Å². The van der Waals surface area contributed by atoms with Gasteiger partial charge in [0.25, 0.3) is 0 Å². The Labute approximate surface area is 68.1 Å². The molecule has 1 rings (SSSR count). The molecule has 3 nitrogen and oxygen atoms in total. The quantitative estimate of drug-likeness (QED) is 0.646. The molecule has 0 saturated carbocycles. The molecule has 0 aromatic heterocycles. The summed E-state index contributed by atoms with van der Waals surface area (Å²) in [7, 11) is 0. The number of hydrogen-bond acceptors (Lipinski definition) is 3. The van der Waals surface area contributed by atoms with Crippen molar-refractivity contribution >= 4 is 0 Å². The lowest BCUT2D eigenvalue weighted by molar-refractivity contribution is -0.00662. The Balaban J connectivity index is 2.09. The van der Waals surface area contributed by atoms with Crippen LogP contribution in [0.1, 0.15) is 13.3 Å². The highest BCUT2D eigenvalue weighted by Crippen LogP contribution is 2.01. The molecule has 1 aliphatic heterocycles. The minimum atomic E-state index is 0.310. The molecule has 3 heteroatoms. The fourth-order valence-electron chi connectivity index (χ4n) is 1.15. The normalized spacial score (nSPS) is 26.5. The second-order valence-corrected chi connectivity index (χ2v) is 2.69. The van der Waals surface area contributed by atoms with Gasteiger partial charge in [-0.05, 0) is 19.9 Å². The lowest BCUT2D eigenvalue weighted by Crippen LogP contribution is -2.20. The Kier molecular flexibility index (Phi) is 4.50. The van der Waals surface area contributed by atoms with Crippen LogP contribution >= 0.6 is 0 Å². The van der Waals surface area contributed by atoms with Gasteiger partial charge >= 0.3 is 0 Å². The molecule has 1 saturated heterocycles. The maximum atomic E-state index is 5.52. The third-order valence-electron chi connectivity index (χ3n) is 1.78. The summed E-state index contributed by atoms with van der Waals surface area (Å²) in [6.07, 6.45) is 1.38. The third kappa shape index (κ3) is 3.70. The summed E-state index contributed by atoms with van der Waals surface area (Å²) in [5, 5.41) is 3.27. The zero-order valence-corrected chi connectivity index (χ0v) is 7.14. The fourth-order valence-corrected chi connectivity index (χ4v) is 1.15. The Morgan fingerprint density at radius 1 is 1.55 bits per heavy atom. The Bertz CT molecular complexity index is 90.1. The van der Waals surface area contributed by atoms with Gasteiger partial charge in [0.05, 0.1) is 19.3 Å². The average Bonchev–Trinajstić information content (AvgIpc) is 2.28. The largest absolute Gasteiger partial charge is 0.379 e. The van der Waals surface area contributed by atoms with Crippen molar-refractivity contribution in [2.24, 2.45) is 0 Å². The van der Waals surface area contributed by atoms with Crippen LogP contribution in [0.5, 0.6) is 0 Å². The first kappa shape index (κ1) is 8.97. The van der Waals surface area contributed by atoms with Gasteiger partial charge in [-0.15, -0.1) is 0 Å². The van der Waals surface area contributed by atoms with Gasteiger partial charge in [0.15, 0.2) is 0 Å². The van der Waals surface area contributed by atoms with E-state index in [1.807, 2.05) is 6.92 Å². The second-order valence-electron chi connectivity index (χ2n) is 2.69. The van der Waals surface area contributed by atoms with Crippen LogP contribution in [0, 0.1) is 0 Å². The number of nitrogens with one attached hydrogen (secondary N) is 1. The van der Waals surface area contributed by atoms with Gasteiger partial charge in [-0.3, -0.25) is 0 Å². The summed E-state index contributed by atoms with van der Waals surface area (Å²) >= 11 is 0. The lowest BCUT2D eigenvalue weighted by atomic mass is 10.3. The molecule has 1 unspecified atom stereocenters. The van der Waals surface area contributed by atoms with Crippen molar-refractivity contribution in [3.05, 3.63) is 0 Å². The minimum Gasteiger partial charge on any atom is -0.379 e. The molecule has 0 aromatic carbocycles. The Morgan fingerprint density at radius 2 is 2.45 bits per heavy atom. The lowest BCUT2D eigenvalue weighted by Gasteiger charge is -2.13. The van der Waals surface area contributed by atoms with E-state index >= 15 is 0 Å². The number of ether oxygens (including phenoxy) is 2. The third-order valence-corrected chi connectivity index (χ3v) is 1.78. The first-order chi connectivity index (χ1) is 5.43. The SMILES string of the molecule is CCOCC1CCNCCO1. The van der Waals surface area contributed by atoms with E-state index in [1.165, 1.54) is 0 Å². The van der Waals surface area contributed by atoms with Crippen LogP contribution in [0.3, 0.4) is 0 Å². The molecule has 1 N–H and O–H groups in total. The van der Waals surface area contributed by atoms with E-state index in [0.717, 1.165) is 39.3 Å². The highest BCUT2D eigenvalue weighted by molar-refractivity contribution is 4.63. The zero-order chi connectivity index (χ0) is 7.94. The minimum absolute atomic E-state index is 0.310. The van der Waals surface area contributed by atoms with Crippen LogP contribution in [0.25, 0.3) is 0 Å². The molecule has 1 aliphatic rings. The van der Waals surface area contributed by atoms with Gasteiger partial charge in [-0.1, -0.05) is 0 Å². The second kappa shape index (κ2) is 5.52. The number of hydrogen-bond donors (Lipinski definition) is 1. The van der Waals surface area contributed by atoms with E-state index < -0.39 is 0 Å². The molecule has 0 amide bonds. The van der Waals surface area contributed by atoms with Crippen LogP contribution in [0.2, 0.25) is 0 Å². The van der Waals surface area contributed by atoms with Crippen LogP contribution < -0.4 is 5.32 Å². The molecule has 0 radical (unpaired) electrons. The zero-order valence-electron chi connectivity index (χ0n) is 7.14. The molecule has 11 heavy (non-hydrogen) atoms.